The van der Waals surface area contributed by atoms with Crippen LogP contribution in [0.15, 0.2) is 52.5 Å². The van der Waals surface area contributed by atoms with Crippen molar-refractivity contribution in [2.45, 2.75) is 6.42 Å². The quantitative estimate of drug-likeness (QED) is 0.665. The number of benzene rings is 1. The van der Waals surface area contributed by atoms with Crippen LogP contribution in [0.2, 0.25) is 0 Å². The number of piperazine rings is 1. The molecular formula is C17H20BN3. The van der Waals surface area contributed by atoms with Gasteiger partial charge < -0.3 is 9.80 Å². The normalized spacial score (nSPS) is 21.6. The molecule has 0 atom stereocenters. The summed E-state index contributed by atoms with van der Waals surface area (Å²) in [4.78, 5) is 9.90. The molecule has 106 valence electrons. The average Bonchev–Trinajstić information content (AvgIpc) is 2.89. The lowest BCUT2D eigenvalue weighted by atomic mass is 9.61. The third kappa shape index (κ3) is 2.34. The molecule has 2 heterocycles. The summed E-state index contributed by atoms with van der Waals surface area (Å²) in [5, 5.41) is 0. The van der Waals surface area contributed by atoms with Gasteiger partial charge in [0.2, 0.25) is 0 Å². The van der Waals surface area contributed by atoms with Gasteiger partial charge in [0.05, 0.1) is 5.69 Å². The maximum Gasteiger partial charge on any atom is 0.191 e. The summed E-state index contributed by atoms with van der Waals surface area (Å²) in [5.41, 5.74) is 5.40. The zero-order valence-electron chi connectivity index (χ0n) is 12.5. The highest BCUT2D eigenvalue weighted by molar-refractivity contribution is 6.64. The minimum absolute atomic E-state index is 1.04. The predicted molar refractivity (Wildman–Crippen MR) is 90.2 cm³/mol. The monoisotopic (exact) mass is 277 g/mol. The van der Waals surface area contributed by atoms with E-state index >= 15 is 0 Å². The fourth-order valence-electron chi connectivity index (χ4n) is 3.38. The predicted octanol–water partition coefficient (Wildman–Crippen LogP) is 1.25. The first-order valence-electron chi connectivity index (χ1n) is 7.80. The Morgan fingerprint density at radius 2 is 1.90 bits per heavy atom. The largest absolute Gasteiger partial charge is 0.354 e. The molecule has 0 unspecified atom stereocenters. The van der Waals surface area contributed by atoms with Crippen molar-refractivity contribution in [3.63, 3.8) is 0 Å². The van der Waals surface area contributed by atoms with E-state index in [1.165, 1.54) is 22.3 Å². The van der Waals surface area contributed by atoms with E-state index in [0.717, 1.165) is 45.6 Å². The number of hydrogen-bond donors (Lipinski definition) is 0. The van der Waals surface area contributed by atoms with Crippen LogP contribution < -0.4 is 5.46 Å². The molecule has 1 aromatic carbocycles. The van der Waals surface area contributed by atoms with Crippen LogP contribution in [-0.2, 0) is 0 Å². The molecule has 0 aromatic heterocycles. The molecule has 2 aliphatic heterocycles. The van der Waals surface area contributed by atoms with Crippen LogP contribution in [0.3, 0.4) is 0 Å². The summed E-state index contributed by atoms with van der Waals surface area (Å²) in [6.07, 6.45) is 5.64. The number of hydrogen-bond acceptors (Lipinski definition) is 3. The Morgan fingerprint density at radius 1 is 1.10 bits per heavy atom. The average molecular weight is 277 g/mol. The minimum atomic E-state index is 1.04. The number of allylic oxidation sites excluding steroid dienone is 2. The van der Waals surface area contributed by atoms with Gasteiger partial charge in [-0.05, 0) is 19.5 Å². The second kappa shape index (κ2) is 5.19. The highest BCUT2D eigenvalue weighted by Gasteiger charge is 2.26. The Labute approximate surface area is 126 Å². The number of para-hydroxylation sites is 1. The van der Waals surface area contributed by atoms with Crippen molar-refractivity contribution in [1.29, 1.82) is 0 Å². The van der Waals surface area contributed by atoms with E-state index in [2.05, 4.69) is 53.3 Å². The Kier molecular flexibility index (Phi) is 3.19. The second-order valence-corrected chi connectivity index (χ2v) is 6.15. The lowest BCUT2D eigenvalue weighted by Crippen LogP contribution is -2.47. The summed E-state index contributed by atoms with van der Waals surface area (Å²) in [6, 6.07) is 8.58. The zero-order valence-corrected chi connectivity index (χ0v) is 12.5. The molecule has 0 radical (unpaired) electrons. The molecule has 21 heavy (non-hydrogen) atoms. The summed E-state index contributed by atoms with van der Waals surface area (Å²) < 4.78 is 0. The van der Waals surface area contributed by atoms with Gasteiger partial charge in [-0.25, -0.2) is 4.99 Å². The van der Waals surface area contributed by atoms with Gasteiger partial charge in [-0.1, -0.05) is 41.3 Å². The van der Waals surface area contributed by atoms with Crippen LogP contribution in [0.1, 0.15) is 6.42 Å². The van der Waals surface area contributed by atoms with E-state index in [1.54, 1.807) is 0 Å². The van der Waals surface area contributed by atoms with Crippen molar-refractivity contribution >= 4 is 24.3 Å². The van der Waals surface area contributed by atoms with Gasteiger partial charge in [-0.2, -0.15) is 0 Å². The lowest BCUT2D eigenvalue weighted by Gasteiger charge is -2.35. The lowest BCUT2D eigenvalue weighted by molar-refractivity contribution is 0.216. The highest BCUT2D eigenvalue weighted by Crippen LogP contribution is 2.27. The van der Waals surface area contributed by atoms with Gasteiger partial charge in [0, 0.05) is 31.8 Å². The molecule has 3 aliphatic rings. The number of amidine groups is 1. The number of aliphatic imine (C=N–C) groups is 1. The second-order valence-electron chi connectivity index (χ2n) is 6.15. The topological polar surface area (TPSA) is 18.8 Å². The molecule has 4 rings (SSSR count). The van der Waals surface area contributed by atoms with Crippen LogP contribution in [0.4, 0.5) is 5.69 Å². The van der Waals surface area contributed by atoms with Crippen molar-refractivity contribution < 1.29 is 0 Å². The maximum atomic E-state index is 5.05. The molecule has 0 saturated carbocycles. The van der Waals surface area contributed by atoms with Crippen LogP contribution in [0.25, 0.3) is 0 Å². The van der Waals surface area contributed by atoms with E-state index in [9.17, 15) is 0 Å². The number of fused-ring (bicyclic) bond motifs is 1. The SMILES string of the molecule is CN1CCN(C2=Nc3ccccc3BC3=C2C=CC3)CC1. The molecule has 3 nitrogen and oxygen atoms in total. The molecule has 0 N–H and O–H groups in total. The first kappa shape index (κ1) is 12.9. The fourth-order valence-corrected chi connectivity index (χ4v) is 3.38. The molecule has 4 heteroatoms. The van der Waals surface area contributed by atoms with E-state index in [1.807, 2.05) is 0 Å². The minimum Gasteiger partial charge on any atom is -0.354 e. The van der Waals surface area contributed by atoms with Crippen molar-refractivity contribution in [3.05, 3.63) is 47.5 Å². The Balaban J connectivity index is 1.76. The van der Waals surface area contributed by atoms with Gasteiger partial charge in [0.15, 0.2) is 7.28 Å². The van der Waals surface area contributed by atoms with Crippen LogP contribution in [0, 0.1) is 0 Å². The number of likely N-dealkylation sites (N-methyl/N-ethyl adjacent to an activating group) is 1. The summed E-state index contributed by atoms with van der Waals surface area (Å²) in [7, 11) is 3.24. The van der Waals surface area contributed by atoms with Gasteiger partial charge in [0.1, 0.15) is 5.84 Å². The highest BCUT2D eigenvalue weighted by atomic mass is 15.3. The zero-order chi connectivity index (χ0) is 14.2. The fraction of sp³-hybridized carbons (Fsp3) is 0.353. The third-order valence-corrected chi connectivity index (χ3v) is 4.70. The van der Waals surface area contributed by atoms with E-state index < -0.39 is 0 Å². The molecule has 0 amide bonds. The molecule has 0 spiro atoms. The van der Waals surface area contributed by atoms with Gasteiger partial charge >= 0.3 is 0 Å². The summed E-state index contributed by atoms with van der Waals surface area (Å²) >= 11 is 0. The summed E-state index contributed by atoms with van der Waals surface area (Å²) in [5.74, 6) is 1.19. The summed E-state index contributed by atoms with van der Waals surface area (Å²) in [6.45, 7) is 4.38. The van der Waals surface area contributed by atoms with Gasteiger partial charge in [-0.3, -0.25) is 0 Å². The first-order valence-corrected chi connectivity index (χ1v) is 7.80. The van der Waals surface area contributed by atoms with E-state index in [-0.39, 0.29) is 0 Å². The number of rotatable bonds is 0. The molecule has 0 bridgehead atoms. The van der Waals surface area contributed by atoms with Crippen LogP contribution in [0.5, 0.6) is 0 Å². The Hall–Kier alpha value is -1.81. The van der Waals surface area contributed by atoms with Crippen molar-refractivity contribution in [1.82, 2.24) is 9.80 Å². The van der Waals surface area contributed by atoms with Crippen LogP contribution in [-0.4, -0.2) is 56.1 Å². The van der Waals surface area contributed by atoms with E-state index in [0.29, 0.717) is 0 Å². The molecular weight excluding hydrogens is 257 g/mol. The standard InChI is InChI=1S/C17H20BN3/c1-20-9-11-21(12-10-20)17-13-5-4-7-14(13)18-15-6-2-3-8-16(15)19-17/h2-6,8,18H,7,9-12H2,1H3. The first-order chi connectivity index (χ1) is 10.3. The van der Waals surface area contributed by atoms with Crippen molar-refractivity contribution in [2.75, 3.05) is 33.2 Å². The number of nitrogens with zero attached hydrogens (tertiary/aromatic N) is 3. The van der Waals surface area contributed by atoms with Crippen LogP contribution >= 0.6 is 0 Å². The smallest absolute Gasteiger partial charge is 0.191 e. The Morgan fingerprint density at radius 3 is 2.76 bits per heavy atom. The molecule has 1 saturated heterocycles. The van der Waals surface area contributed by atoms with Crippen molar-refractivity contribution in [3.8, 4) is 0 Å². The molecule has 1 fully saturated rings. The van der Waals surface area contributed by atoms with Gasteiger partial charge in [-0.15, -0.1) is 0 Å². The Bertz CT molecular complexity index is 652. The molecule has 1 aromatic rings. The third-order valence-electron chi connectivity index (χ3n) is 4.70. The van der Waals surface area contributed by atoms with Crippen molar-refractivity contribution in [2.24, 2.45) is 4.99 Å². The van der Waals surface area contributed by atoms with E-state index in [4.69, 9.17) is 4.99 Å². The molecule has 1 aliphatic carbocycles. The van der Waals surface area contributed by atoms with Gasteiger partial charge in [0.25, 0.3) is 0 Å². The maximum absolute atomic E-state index is 5.05.